The van der Waals surface area contributed by atoms with Gasteiger partial charge < -0.3 is 5.11 Å². The molecule has 0 unspecified atom stereocenters. The number of amides is 2. The second kappa shape index (κ2) is 7.71. The van der Waals surface area contributed by atoms with Crippen molar-refractivity contribution in [1.82, 2.24) is 4.90 Å². The molecule has 134 valence electrons. The molecule has 0 spiro atoms. The van der Waals surface area contributed by atoms with Crippen molar-refractivity contribution in [3.8, 4) is 5.75 Å². The molecule has 9 heteroatoms. The number of halogens is 4. The lowest BCUT2D eigenvalue weighted by atomic mass is 10.2. The number of thioether (sulfide) groups is 1. The summed E-state index contributed by atoms with van der Waals surface area (Å²) < 4.78 is 0. The Bertz CT molecular complexity index is 918. The van der Waals surface area contributed by atoms with E-state index in [1.807, 2.05) is 0 Å². The number of carbonyl (C=O) groups excluding carboxylic acids is 2. The number of nitrogens with zero attached hydrogens (tertiary/aromatic N) is 1. The molecule has 26 heavy (non-hydrogen) atoms. The van der Waals surface area contributed by atoms with E-state index in [1.165, 1.54) is 18.2 Å². The van der Waals surface area contributed by atoms with Gasteiger partial charge in [-0.3, -0.25) is 14.5 Å². The molecule has 0 bridgehead atoms. The number of carbonyl (C=O) groups is 2. The minimum atomic E-state index is -0.476. The summed E-state index contributed by atoms with van der Waals surface area (Å²) in [7, 11) is 0. The SMILES string of the molecule is O=C1S/C(=C\c2cc(Cl)c(O)c(Cl)c2)C(=O)N1Cc1c(Cl)cccc1Cl. The zero-order valence-corrected chi connectivity index (χ0v) is 16.6. The molecule has 2 aromatic carbocycles. The van der Waals surface area contributed by atoms with Crippen molar-refractivity contribution in [2.45, 2.75) is 6.54 Å². The topological polar surface area (TPSA) is 57.6 Å². The highest BCUT2D eigenvalue weighted by atomic mass is 35.5. The van der Waals surface area contributed by atoms with Gasteiger partial charge in [0.2, 0.25) is 0 Å². The Kier molecular flexibility index (Phi) is 5.75. The number of hydrogen-bond acceptors (Lipinski definition) is 4. The number of phenols is 1. The van der Waals surface area contributed by atoms with E-state index >= 15 is 0 Å². The van der Waals surface area contributed by atoms with Gasteiger partial charge in [-0.1, -0.05) is 52.5 Å². The van der Waals surface area contributed by atoms with Gasteiger partial charge in [0.05, 0.1) is 21.5 Å². The molecule has 1 aliphatic rings. The van der Waals surface area contributed by atoms with E-state index in [0.717, 1.165) is 16.7 Å². The van der Waals surface area contributed by atoms with Crippen LogP contribution in [-0.4, -0.2) is 21.2 Å². The molecule has 0 aliphatic carbocycles. The van der Waals surface area contributed by atoms with Gasteiger partial charge in [-0.05, 0) is 47.7 Å². The normalized spacial score (nSPS) is 16.0. The maximum atomic E-state index is 12.6. The van der Waals surface area contributed by atoms with Gasteiger partial charge in [0, 0.05) is 15.6 Å². The van der Waals surface area contributed by atoms with Gasteiger partial charge in [0.1, 0.15) is 0 Å². The van der Waals surface area contributed by atoms with Crippen LogP contribution in [0.5, 0.6) is 5.75 Å². The third-order valence-electron chi connectivity index (χ3n) is 3.59. The van der Waals surface area contributed by atoms with Crippen molar-refractivity contribution in [2.75, 3.05) is 0 Å². The second-order valence-corrected chi connectivity index (χ2v) is 7.92. The number of hydrogen-bond donors (Lipinski definition) is 1. The first-order valence-electron chi connectivity index (χ1n) is 7.14. The first-order valence-corrected chi connectivity index (χ1v) is 9.47. The third kappa shape index (κ3) is 3.82. The molecule has 0 aromatic heterocycles. The molecule has 4 nitrogen and oxygen atoms in total. The Labute approximate surface area is 173 Å². The maximum Gasteiger partial charge on any atom is 0.293 e. The van der Waals surface area contributed by atoms with Gasteiger partial charge in [-0.15, -0.1) is 0 Å². The van der Waals surface area contributed by atoms with E-state index in [2.05, 4.69) is 0 Å². The first kappa shape index (κ1) is 19.4. The average Bonchev–Trinajstić information content (AvgIpc) is 2.83. The van der Waals surface area contributed by atoms with Gasteiger partial charge in [-0.25, -0.2) is 0 Å². The summed E-state index contributed by atoms with van der Waals surface area (Å²) in [4.78, 5) is 26.1. The van der Waals surface area contributed by atoms with E-state index < -0.39 is 11.1 Å². The van der Waals surface area contributed by atoms with Crippen molar-refractivity contribution in [3.05, 3.63) is 66.5 Å². The number of phenolic OH excluding ortho intramolecular Hbond substituents is 1. The molecule has 1 heterocycles. The highest BCUT2D eigenvalue weighted by Crippen LogP contribution is 2.38. The van der Waals surface area contributed by atoms with Crippen molar-refractivity contribution < 1.29 is 14.7 Å². The van der Waals surface area contributed by atoms with Crippen LogP contribution < -0.4 is 0 Å². The van der Waals surface area contributed by atoms with Crippen molar-refractivity contribution in [2.24, 2.45) is 0 Å². The Morgan fingerprint density at radius 1 is 1.00 bits per heavy atom. The van der Waals surface area contributed by atoms with Crippen LogP contribution >= 0.6 is 58.2 Å². The first-order chi connectivity index (χ1) is 12.3. The van der Waals surface area contributed by atoms with Crippen molar-refractivity contribution >= 4 is 75.4 Å². The molecule has 1 N–H and O–H groups in total. The molecular formula is C17H9Cl4NO3S. The van der Waals surface area contributed by atoms with Crippen LogP contribution in [0.25, 0.3) is 6.08 Å². The van der Waals surface area contributed by atoms with Crippen molar-refractivity contribution in [3.63, 3.8) is 0 Å². The number of aromatic hydroxyl groups is 1. The van der Waals surface area contributed by atoms with Crippen LogP contribution in [0.15, 0.2) is 35.2 Å². The van der Waals surface area contributed by atoms with Crippen LogP contribution in [0.2, 0.25) is 20.1 Å². The Balaban J connectivity index is 1.90. The Morgan fingerprint density at radius 3 is 2.15 bits per heavy atom. The summed E-state index contributed by atoms with van der Waals surface area (Å²) in [6.45, 7) is -0.0302. The molecule has 1 saturated heterocycles. The van der Waals surface area contributed by atoms with Crippen LogP contribution in [0, 0.1) is 0 Å². The van der Waals surface area contributed by atoms with Crippen LogP contribution in [0.1, 0.15) is 11.1 Å². The number of imide groups is 1. The van der Waals surface area contributed by atoms with Gasteiger partial charge in [0.15, 0.2) is 5.75 Å². The minimum absolute atomic E-state index is 0.0302. The molecule has 1 aliphatic heterocycles. The maximum absolute atomic E-state index is 12.6. The fraction of sp³-hybridized carbons (Fsp3) is 0.0588. The van der Waals surface area contributed by atoms with Crippen LogP contribution in [0.4, 0.5) is 4.79 Å². The molecule has 0 saturated carbocycles. The lowest BCUT2D eigenvalue weighted by Crippen LogP contribution is -2.27. The number of benzene rings is 2. The second-order valence-electron chi connectivity index (χ2n) is 5.30. The lowest BCUT2D eigenvalue weighted by Gasteiger charge is -2.14. The summed E-state index contributed by atoms with van der Waals surface area (Å²) in [6.07, 6.45) is 1.48. The summed E-state index contributed by atoms with van der Waals surface area (Å²) in [6, 6.07) is 7.85. The van der Waals surface area contributed by atoms with Gasteiger partial charge in [-0.2, -0.15) is 0 Å². The van der Waals surface area contributed by atoms with E-state index in [-0.39, 0.29) is 27.2 Å². The molecule has 3 rings (SSSR count). The van der Waals surface area contributed by atoms with Gasteiger partial charge >= 0.3 is 0 Å². The van der Waals surface area contributed by atoms with E-state index in [4.69, 9.17) is 46.4 Å². The molecule has 2 amide bonds. The van der Waals surface area contributed by atoms with E-state index in [9.17, 15) is 14.7 Å². The van der Waals surface area contributed by atoms with E-state index in [0.29, 0.717) is 21.2 Å². The molecule has 1 fully saturated rings. The zero-order valence-electron chi connectivity index (χ0n) is 12.8. The Hall–Kier alpha value is -1.37. The summed E-state index contributed by atoms with van der Waals surface area (Å²) in [5.41, 5.74) is 0.981. The van der Waals surface area contributed by atoms with Crippen LogP contribution in [0.3, 0.4) is 0 Å². The predicted octanol–water partition coefficient (Wildman–Crippen LogP) is 6.24. The van der Waals surface area contributed by atoms with Crippen molar-refractivity contribution in [1.29, 1.82) is 0 Å². The Morgan fingerprint density at radius 2 is 1.58 bits per heavy atom. The fourth-order valence-electron chi connectivity index (χ4n) is 2.30. The standard InChI is InChI=1S/C17H9Cl4NO3S/c18-10-2-1-3-11(19)9(10)7-22-16(24)14(26-17(22)25)6-8-4-12(20)15(23)13(21)5-8/h1-6,23H,7H2/b14-6-. The van der Waals surface area contributed by atoms with Crippen LogP contribution in [-0.2, 0) is 11.3 Å². The molecule has 0 radical (unpaired) electrons. The summed E-state index contributed by atoms with van der Waals surface area (Å²) >= 11 is 24.8. The molecular weight excluding hydrogens is 440 g/mol. The zero-order chi connectivity index (χ0) is 19.0. The lowest BCUT2D eigenvalue weighted by molar-refractivity contribution is -0.123. The fourth-order valence-corrected chi connectivity index (χ4v) is 4.16. The summed E-state index contributed by atoms with van der Waals surface area (Å²) in [5.74, 6) is -0.719. The highest BCUT2D eigenvalue weighted by Gasteiger charge is 2.35. The highest BCUT2D eigenvalue weighted by molar-refractivity contribution is 8.18. The predicted molar refractivity (Wildman–Crippen MR) is 106 cm³/mol. The quantitative estimate of drug-likeness (QED) is 0.564. The minimum Gasteiger partial charge on any atom is -0.505 e. The van der Waals surface area contributed by atoms with E-state index in [1.54, 1.807) is 18.2 Å². The molecule has 2 aromatic rings. The summed E-state index contributed by atoms with van der Waals surface area (Å²) in [5, 5.41) is 10.0. The largest absolute Gasteiger partial charge is 0.505 e. The van der Waals surface area contributed by atoms with Gasteiger partial charge in [0.25, 0.3) is 11.1 Å². The molecule has 0 atom stereocenters. The average molecular weight is 449 g/mol. The number of rotatable bonds is 3. The monoisotopic (exact) mass is 447 g/mol. The smallest absolute Gasteiger partial charge is 0.293 e. The third-order valence-corrected chi connectivity index (χ3v) is 5.78.